The van der Waals surface area contributed by atoms with Gasteiger partial charge in [-0.15, -0.1) is 0 Å². The van der Waals surface area contributed by atoms with Gasteiger partial charge in [-0.1, -0.05) is 11.6 Å². The first-order valence-electron chi connectivity index (χ1n) is 3.91. The van der Waals surface area contributed by atoms with Crippen molar-refractivity contribution in [3.8, 4) is 0 Å². The molecule has 0 aliphatic carbocycles. The van der Waals surface area contributed by atoms with Gasteiger partial charge in [-0.25, -0.2) is 0 Å². The summed E-state index contributed by atoms with van der Waals surface area (Å²) in [5.74, 6) is 0.498. The van der Waals surface area contributed by atoms with Gasteiger partial charge in [-0.3, -0.25) is 0 Å². The highest BCUT2D eigenvalue weighted by Gasteiger charge is 2.30. The molecule has 0 heterocycles. The van der Waals surface area contributed by atoms with Crippen molar-refractivity contribution < 1.29 is 13.2 Å². The lowest BCUT2D eigenvalue weighted by atomic mass is 10.1. The number of alkyl halides is 3. The quantitative estimate of drug-likeness (QED) is 0.747. The third-order valence-electron chi connectivity index (χ3n) is 1.69. The molecule has 5 heteroatoms. The van der Waals surface area contributed by atoms with Gasteiger partial charge in [-0.2, -0.15) is 25.8 Å². The van der Waals surface area contributed by atoms with E-state index in [0.29, 0.717) is 17.7 Å². The van der Waals surface area contributed by atoms with Crippen LogP contribution in [0.25, 0.3) is 0 Å². The maximum atomic E-state index is 12.3. The van der Waals surface area contributed by atoms with Gasteiger partial charge in [0.15, 0.2) is 0 Å². The maximum Gasteiger partial charge on any atom is 0.416 e. The molecule has 0 amide bonds. The second-order valence-electron chi connectivity index (χ2n) is 2.82. The Morgan fingerprint density at radius 3 is 2.36 bits per heavy atom. The van der Waals surface area contributed by atoms with E-state index in [1.54, 1.807) is 0 Å². The van der Waals surface area contributed by atoms with E-state index in [1.165, 1.54) is 6.07 Å². The van der Waals surface area contributed by atoms with Crippen LogP contribution in [0, 0.1) is 0 Å². The van der Waals surface area contributed by atoms with Crippen LogP contribution in [0.15, 0.2) is 18.2 Å². The molecule has 14 heavy (non-hydrogen) atoms. The second-order valence-corrected chi connectivity index (χ2v) is 3.70. The minimum absolute atomic E-state index is 0.108. The molecular formula is C9H8ClF3S. The molecule has 0 fully saturated rings. The molecule has 0 aliphatic heterocycles. The molecule has 0 N–H and O–H groups in total. The van der Waals surface area contributed by atoms with Crippen molar-refractivity contribution in [2.75, 3.05) is 5.75 Å². The molecule has 1 aromatic carbocycles. The summed E-state index contributed by atoms with van der Waals surface area (Å²) in [7, 11) is 0. The lowest BCUT2D eigenvalue weighted by Gasteiger charge is -2.09. The van der Waals surface area contributed by atoms with E-state index in [4.69, 9.17) is 11.6 Å². The molecule has 0 nitrogen and oxygen atoms in total. The Bertz CT molecular complexity index is 322. The molecular weight excluding hydrogens is 233 g/mol. The molecule has 78 valence electrons. The molecule has 0 saturated heterocycles. The van der Waals surface area contributed by atoms with Crippen LogP contribution in [0.2, 0.25) is 5.02 Å². The average molecular weight is 241 g/mol. The summed E-state index contributed by atoms with van der Waals surface area (Å²) in [6.45, 7) is 0. The fourth-order valence-corrected chi connectivity index (χ4v) is 1.60. The first-order chi connectivity index (χ1) is 6.43. The molecule has 0 unspecified atom stereocenters. The number of rotatable bonds is 2. The Hall–Kier alpha value is -0.350. The predicted octanol–water partition coefficient (Wildman–Crippen LogP) is 3.83. The second kappa shape index (κ2) is 4.45. The fraction of sp³-hybridized carbons (Fsp3) is 0.333. The van der Waals surface area contributed by atoms with Crippen molar-refractivity contribution in [3.63, 3.8) is 0 Å². The highest BCUT2D eigenvalue weighted by molar-refractivity contribution is 7.80. The lowest BCUT2D eigenvalue weighted by Crippen LogP contribution is -2.05. The van der Waals surface area contributed by atoms with E-state index in [0.717, 1.165) is 12.1 Å². The van der Waals surface area contributed by atoms with E-state index in [1.807, 2.05) is 0 Å². The highest BCUT2D eigenvalue weighted by atomic mass is 35.5. The van der Waals surface area contributed by atoms with Gasteiger partial charge < -0.3 is 0 Å². The molecule has 0 bridgehead atoms. The smallest absolute Gasteiger partial charge is 0.179 e. The van der Waals surface area contributed by atoms with Crippen LogP contribution in [-0.2, 0) is 12.6 Å². The van der Waals surface area contributed by atoms with Crippen LogP contribution in [0.4, 0.5) is 13.2 Å². The number of thiol groups is 1. The van der Waals surface area contributed by atoms with Gasteiger partial charge in [0.2, 0.25) is 0 Å². The first-order valence-corrected chi connectivity index (χ1v) is 4.92. The summed E-state index contributed by atoms with van der Waals surface area (Å²) < 4.78 is 36.9. The van der Waals surface area contributed by atoms with Crippen molar-refractivity contribution in [2.24, 2.45) is 0 Å². The third-order valence-corrected chi connectivity index (χ3v) is 2.13. The SMILES string of the molecule is FC(F)(F)c1cc(Cl)cc(CCS)c1. The van der Waals surface area contributed by atoms with Gasteiger partial charge in [0.25, 0.3) is 0 Å². The minimum atomic E-state index is -4.34. The number of halogens is 4. The van der Waals surface area contributed by atoms with Crippen LogP contribution >= 0.6 is 24.2 Å². The monoisotopic (exact) mass is 240 g/mol. The Morgan fingerprint density at radius 1 is 1.21 bits per heavy atom. The molecule has 0 spiro atoms. The van der Waals surface area contributed by atoms with E-state index in [9.17, 15) is 13.2 Å². The lowest BCUT2D eigenvalue weighted by molar-refractivity contribution is -0.137. The maximum absolute atomic E-state index is 12.3. The van der Waals surface area contributed by atoms with Crippen molar-refractivity contribution in [1.82, 2.24) is 0 Å². The van der Waals surface area contributed by atoms with Gasteiger partial charge in [0.1, 0.15) is 0 Å². The largest absolute Gasteiger partial charge is 0.416 e. The summed E-state index contributed by atoms with van der Waals surface area (Å²) in [5.41, 5.74) is -0.151. The zero-order valence-electron chi connectivity index (χ0n) is 7.11. The summed E-state index contributed by atoms with van der Waals surface area (Å²) in [5, 5.41) is 0.108. The molecule has 0 radical (unpaired) electrons. The summed E-state index contributed by atoms with van der Waals surface area (Å²) in [4.78, 5) is 0. The number of hydrogen-bond acceptors (Lipinski definition) is 1. The van der Waals surface area contributed by atoms with Crippen LogP contribution < -0.4 is 0 Å². The van der Waals surface area contributed by atoms with Gasteiger partial charge in [0.05, 0.1) is 5.56 Å². The Morgan fingerprint density at radius 2 is 1.86 bits per heavy atom. The van der Waals surface area contributed by atoms with Crippen LogP contribution in [0.5, 0.6) is 0 Å². The van der Waals surface area contributed by atoms with Gasteiger partial charge >= 0.3 is 6.18 Å². The zero-order chi connectivity index (χ0) is 10.8. The topological polar surface area (TPSA) is 0 Å². The highest BCUT2D eigenvalue weighted by Crippen LogP contribution is 2.31. The van der Waals surface area contributed by atoms with E-state index >= 15 is 0 Å². The normalized spacial score (nSPS) is 11.8. The number of benzene rings is 1. The van der Waals surface area contributed by atoms with Crippen LogP contribution in [0.1, 0.15) is 11.1 Å². The average Bonchev–Trinajstić information content (AvgIpc) is 2.02. The molecule has 0 aromatic heterocycles. The summed E-state index contributed by atoms with van der Waals surface area (Å²) in [6, 6.07) is 3.54. The first kappa shape index (κ1) is 11.7. The summed E-state index contributed by atoms with van der Waals surface area (Å²) >= 11 is 9.52. The summed E-state index contributed by atoms with van der Waals surface area (Å²) in [6.07, 6.45) is -3.86. The van der Waals surface area contributed by atoms with Crippen LogP contribution in [0.3, 0.4) is 0 Å². The molecule has 1 rings (SSSR count). The van der Waals surface area contributed by atoms with Crippen LogP contribution in [-0.4, -0.2) is 5.75 Å². The van der Waals surface area contributed by atoms with E-state index < -0.39 is 11.7 Å². The van der Waals surface area contributed by atoms with Crippen molar-refractivity contribution in [3.05, 3.63) is 34.3 Å². The van der Waals surface area contributed by atoms with Crippen molar-refractivity contribution in [1.29, 1.82) is 0 Å². The molecule has 0 atom stereocenters. The Kier molecular flexibility index (Phi) is 3.72. The third kappa shape index (κ3) is 3.10. The standard InChI is InChI=1S/C9H8ClF3S/c10-8-4-6(1-2-14)3-7(5-8)9(11,12)13/h3-5,14H,1-2H2. The predicted molar refractivity (Wildman–Crippen MR) is 54.0 cm³/mol. The van der Waals surface area contributed by atoms with E-state index in [-0.39, 0.29) is 5.02 Å². The van der Waals surface area contributed by atoms with Crippen molar-refractivity contribution in [2.45, 2.75) is 12.6 Å². The van der Waals surface area contributed by atoms with Crippen molar-refractivity contribution >= 4 is 24.2 Å². The molecule has 0 aliphatic rings. The fourth-order valence-electron chi connectivity index (χ4n) is 1.09. The minimum Gasteiger partial charge on any atom is -0.179 e. The zero-order valence-corrected chi connectivity index (χ0v) is 8.76. The Balaban J connectivity index is 3.07. The molecule has 0 saturated carbocycles. The Labute approximate surface area is 90.5 Å². The molecule has 1 aromatic rings. The van der Waals surface area contributed by atoms with Gasteiger partial charge in [-0.05, 0) is 35.9 Å². The van der Waals surface area contributed by atoms with Gasteiger partial charge in [0, 0.05) is 5.02 Å². The van der Waals surface area contributed by atoms with E-state index in [2.05, 4.69) is 12.6 Å². The number of aryl methyl sites for hydroxylation is 1. The number of hydrogen-bond donors (Lipinski definition) is 1.